The first-order valence-electron chi connectivity index (χ1n) is 4.91. The van der Waals surface area contributed by atoms with E-state index >= 15 is 0 Å². The van der Waals surface area contributed by atoms with Gasteiger partial charge in [0.05, 0.1) is 0 Å². The monoisotopic (exact) mass is 218 g/mol. The molecule has 0 aromatic heterocycles. The summed E-state index contributed by atoms with van der Waals surface area (Å²) < 4.78 is 18.5. The molecule has 2 nitrogen and oxygen atoms in total. The predicted molar refractivity (Wildman–Crippen MR) is 58.8 cm³/mol. The van der Waals surface area contributed by atoms with Gasteiger partial charge in [-0.25, -0.2) is 4.39 Å². The van der Waals surface area contributed by atoms with Crippen molar-refractivity contribution in [3.63, 3.8) is 0 Å². The van der Waals surface area contributed by atoms with E-state index in [2.05, 4.69) is 0 Å². The van der Waals surface area contributed by atoms with Crippen molar-refractivity contribution in [1.82, 2.24) is 0 Å². The highest BCUT2D eigenvalue weighted by Gasteiger charge is 2.04. The molecule has 0 unspecified atom stereocenters. The summed E-state index contributed by atoms with van der Waals surface area (Å²) in [5.74, 6) is -0.0671. The molecule has 0 radical (unpaired) electrons. The zero-order chi connectivity index (χ0) is 11.4. The molecular weight excluding hydrogens is 207 g/mol. The van der Waals surface area contributed by atoms with E-state index in [1.807, 2.05) is 0 Å². The van der Waals surface area contributed by atoms with Crippen molar-refractivity contribution >= 4 is 0 Å². The van der Waals surface area contributed by atoms with Crippen LogP contribution in [0.15, 0.2) is 48.5 Å². The lowest BCUT2D eigenvalue weighted by Crippen LogP contribution is -1.97. The maximum Gasteiger partial charge on any atom is 0.165 e. The number of phenols is 1. The molecular formula is C13H11FO2. The zero-order valence-corrected chi connectivity index (χ0v) is 8.56. The Hall–Kier alpha value is -2.03. The smallest absolute Gasteiger partial charge is 0.165 e. The van der Waals surface area contributed by atoms with Crippen molar-refractivity contribution in [2.24, 2.45) is 0 Å². The molecule has 3 heteroatoms. The maximum atomic E-state index is 13.2. The fourth-order valence-corrected chi connectivity index (χ4v) is 1.35. The topological polar surface area (TPSA) is 29.5 Å². The van der Waals surface area contributed by atoms with E-state index in [0.717, 1.165) is 0 Å². The minimum atomic E-state index is -0.405. The van der Waals surface area contributed by atoms with Gasteiger partial charge in [0.25, 0.3) is 0 Å². The quantitative estimate of drug-likeness (QED) is 0.857. The number of para-hydroxylation sites is 2. The van der Waals surface area contributed by atoms with Gasteiger partial charge < -0.3 is 9.84 Å². The Balaban J connectivity index is 2.09. The second-order valence-corrected chi connectivity index (χ2v) is 3.35. The second-order valence-electron chi connectivity index (χ2n) is 3.35. The Kier molecular flexibility index (Phi) is 3.05. The van der Waals surface area contributed by atoms with Crippen molar-refractivity contribution in [1.29, 1.82) is 0 Å². The van der Waals surface area contributed by atoms with Gasteiger partial charge in [0.2, 0.25) is 0 Å². The standard InChI is InChI=1S/C13H11FO2/c14-11-6-2-4-8-13(11)16-9-10-5-1-3-7-12(10)15/h1-8,15H,9H2. The molecule has 0 aliphatic heterocycles. The van der Waals surface area contributed by atoms with E-state index < -0.39 is 5.82 Å². The van der Waals surface area contributed by atoms with Gasteiger partial charge in [0.15, 0.2) is 11.6 Å². The molecule has 0 amide bonds. The molecule has 82 valence electrons. The fourth-order valence-electron chi connectivity index (χ4n) is 1.35. The van der Waals surface area contributed by atoms with E-state index in [0.29, 0.717) is 5.56 Å². The predicted octanol–water partition coefficient (Wildman–Crippen LogP) is 3.11. The fraction of sp³-hybridized carbons (Fsp3) is 0.0769. The van der Waals surface area contributed by atoms with Crippen LogP contribution in [-0.4, -0.2) is 5.11 Å². The van der Waals surface area contributed by atoms with Crippen LogP contribution < -0.4 is 4.74 Å². The first kappa shape index (κ1) is 10.5. The first-order chi connectivity index (χ1) is 7.77. The van der Waals surface area contributed by atoms with Gasteiger partial charge in [-0.15, -0.1) is 0 Å². The number of benzene rings is 2. The molecule has 0 saturated carbocycles. The molecule has 16 heavy (non-hydrogen) atoms. The third-order valence-corrected chi connectivity index (χ3v) is 2.21. The van der Waals surface area contributed by atoms with E-state index in [4.69, 9.17) is 4.74 Å². The second kappa shape index (κ2) is 4.66. The lowest BCUT2D eigenvalue weighted by molar-refractivity contribution is 0.284. The van der Waals surface area contributed by atoms with Gasteiger partial charge in [-0.05, 0) is 18.2 Å². The van der Waals surface area contributed by atoms with Gasteiger partial charge in [0, 0.05) is 5.56 Å². The molecule has 0 heterocycles. The van der Waals surface area contributed by atoms with Crippen molar-refractivity contribution < 1.29 is 14.2 Å². The molecule has 0 fully saturated rings. The van der Waals surface area contributed by atoms with Gasteiger partial charge in [-0.2, -0.15) is 0 Å². The highest BCUT2D eigenvalue weighted by atomic mass is 19.1. The van der Waals surface area contributed by atoms with Gasteiger partial charge in [0.1, 0.15) is 12.4 Å². The number of hydrogen-bond acceptors (Lipinski definition) is 2. The number of hydrogen-bond donors (Lipinski definition) is 1. The average Bonchev–Trinajstić information content (AvgIpc) is 2.30. The normalized spacial score (nSPS) is 10.1. The van der Waals surface area contributed by atoms with Crippen molar-refractivity contribution in [2.45, 2.75) is 6.61 Å². The molecule has 0 aliphatic carbocycles. The zero-order valence-electron chi connectivity index (χ0n) is 8.56. The Morgan fingerprint density at radius 3 is 2.44 bits per heavy atom. The van der Waals surface area contributed by atoms with Crippen LogP contribution >= 0.6 is 0 Å². The summed E-state index contributed by atoms with van der Waals surface area (Å²) >= 11 is 0. The summed E-state index contributed by atoms with van der Waals surface area (Å²) in [6.07, 6.45) is 0. The summed E-state index contributed by atoms with van der Waals surface area (Å²) in [5.41, 5.74) is 0.630. The first-order valence-corrected chi connectivity index (χ1v) is 4.91. The van der Waals surface area contributed by atoms with Crippen LogP contribution in [0.4, 0.5) is 4.39 Å². The van der Waals surface area contributed by atoms with Crippen molar-refractivity contribution in [3.05, 3.63) is 59.9 Å². The molecule has 2 aromatic rings. The van der Waals surface area contributed by atoms with Crippen LogP contribution in [0, 0.1) is 5.82 Å². The lowest BCUT2D eigenvalue weighted by Gasteiger charge is -2.08. The summed E-state index contributed by atoms with van der Waals surface area (Å²) in [6, 6.07) is 13.0. The van der Waals surface area contributed by atoms with Gasteiger partial charge in [-0.1, -0.05) is 30.3 Å². The molecule has 0 aliphatic rings. The van der Waals surface area contributed by atoms with Crippen LogP contribution in [0.3, 0.4) is 0 Å². The molecule has 2 aromatic carbocycles. The van der Waals surface area contributed by atoms with Crippen LogP contribution in [-0.2, 0) is 6.61 Å². The number of ether oxygens (including phenoxy) is 1. The SMILES string of the molecule is Oc1ccccc1COc1ccccc1F. The Labute approximate surface area is 92.9 Å². The minimum Gasteiger partial charge on any atom is -0.508 e. The number of aromatic hydroxyl groups is 1. The molecule has 0 bridgehead atoms. The van der Waals surface area contributed by atoms with Crippen molar-refractivity contribution in [3.8, 4) is 11.5 Å². The Morgan fingerprint density at radius 2 is 1.69 bits per heavy atom. The molecule has 0 atom stereocenters. The minimum absolute atomic E-state index is 0.146. The summed E-state index contributed by atoms with van der Waals surface area (Å²) in [5, 5.41) is 9.48. The molecule has 0 saturated heterocycles. The van der Waals surface area contributed by atoms with E-state index in [9.17, 15) is 9.50 Å². The molecule has 0 spiro atoms. The lowest BCUT2D eigenvalue weighted by atomic mass is 10.2. The summed E-state index contributed by atoms with van der Waals surface area (Å²) in [6.45, 7) is 0.146. The molecule has 1 N–H and O–H groups in total. The van der Waals surface area contributed by atoms with E-state index in [1.54, 1.807) is 42.5 Å². The maximum absolute atomic E-state index is 13.2. The van der Waals surface area contributed by atoms with Crippen LogP contribution in [0.1, 0.15) is 5.56 Å². The highest BCUT2D eigenvalue weighted by Crippen LogP contribution is 2.20. The largest absolute Gasteiger partial charge is 0.508 e. The van der Waals surface area contributed by atoms with Gasteiger partial charge in [-0.3, -0.25) is 0 Å². The Morgan fingerprint density at radius 1 is 1.00 bits per heavy atom. The molecule has 2 rings (SSSR count). The van der Waals surface area contributed by atoms with Crippen LogP contribution in [0.25, 0.3) is 0 Å². The highest BCUT2D eigenvalue weighted by molar-refractivity contribution is 5.32. The van der Waals surface area contributed by atoms with E-state index in [-0.39, 0.29) is 18.1 Å². The van der Waals surface area contributed by atoms with Crippen LogP contribution in [0.2, 0.25) is 0 Å². The summed E-state index contributed by atoms with van der Waals surface area (Å²) in [7, 11) is 0. The summed E-state index contributed by atoms with van der Waals surface area (Å²) in [4.78, 5) is 0. The third kappa shape index (κ3) is 2.31. The Bertz CT molecular complexity index is 437. The number of phenolic OH excluding ortho intramolecular Hbond substituents is 1. The van der Waals surface area contributed by atoms with Gasteiger partial charge >= 0.3 is 0 Å². The average molecular weight is 218 g/mol. The van der Waals surface area contributed by atoms with Crippen LogP contribution in [0.5, 0.6) is 11.5 Å². The van der Waals surface area contributed by atoms with E-state index in [1.165, 1.54) is 6.07 Å². The third-order valence-electron chi connectivity index (χ3n) is 2.21. The van der Waals surface area contributed by atoms with Crippen molar-refractivity contribution in [2.75, 3.05) is 0 Å². The number of rotatable bonds is 3. The number of halogens is 1.